The van der Waals surface area contributed by atoms with E-state index in [0.717, 1.165) is 11.4 Å². The second kappa shape index (κ2) is 7.65. The van der Waals surface area contributed by atoms with Crippen LogP contribution in [-0.2, 0) is 0 Å². The van der Waals surface area contributed by atoms with E-state index in [1.165, 1.54) is 33.0 Å². The Bertz CT molecular complexity index is 1250. The Morgan fingerprint density at radius 1 is 0.414 bits per heavy atom. The van der Waals surface area contributed by atoms with Gasteiger partial charge in [0.05, 0.1) is 0 Å². The third-order valence-electron chi connectivity index (χ3n) is 5.27. The van der Waals surface area contributed by atoms with Crippen LogP contribution < -0.4 is 5.32 Å². The van der Waals surface area contributed by atoms with Crippen molar-refractivity contribution < 1.29 is 0 Å². The highest BCUT2D eigenvalue weighted by Gasteiger charge is 2.09. The fraction of sp³-hybridized carbons (Fsp3) is 0. The van der Waals surface area contributed by atoms with Crippen LogP contribution in [-0.4, -0.2) is 0 Å². The standard InChI is InChI=1S/C28H21N/c1-3-10-21(11-4-1)24-18-19-26(22-12-5-2-6-13-22)28(20-24)29-27-17-9-15-23-14-7-8-16-25(23)27/h1-20,29H. The van der Waals surface area contributed by atoms with Crippen LogP contribution in [0.4, 0.5) is 11.4 Å². The summed E-state index contributed by atoms with van der Waals surface area (Å²) >= 11 is 0. The van der Waals surface area contributed by atoms with Gasteiger partial charge in [0.1, 0.15) is 0 Å². The van der Waals surface area contributed by atoms with Crippen molar-refractivity contribution in [3.63, 3.8) is 0 Å². The van der Waals surface area contributed by atoms with E-state index in [4.69, 9.17) is 0 Å². The maximum absolute atomic E-state index is 3.72. The van der Waals surface area contributed by atoms with Gasteiger partial charge in [-0.05, 0) is 34.2 Å². The summed E-state index contributed by atoms with van der Waals surface area (Å²) in [7, 11) is 0. The predicted octanol–water partition coefficient (Wildman–Crippen LogP) is 7.92. The van der Waals surface area contributed by atoms with Gasteiger partial charge in [0.15, 0.2) is 0 Å². The van der Waals surface area contributed by atoms with Gasteiger partial charge in [-0.15, -0.1) is 0 Å². The van der Waals surface area contributed by atoms with Gasteiger partial charge in [-0.3, -0.25) is 0 Å². The van der Waals surface area contributed by atoms with Crippen molar-refractivity contribution in [3.05, 3.63) is 121 Å². The minimum atomic E-state index is 1.11. The summed E-state index contributed by atoms with van der Waals surface area (Å²) in [5.41, 5.74) is 7.04. The predicted molar refractivity (Wildman–Crippen MR) is 125 cm³/mol. The van der Waals surface area contributed by atoms with Crippen molar-refractivity contribution in [1.82, 2.24) is 0 Å². The number of hydrogen-bond acceptors (Lipinski definition) is 1. The van der Waals surface area contributed by atoms with E-state index < -0.39 is 0 Å². The number of nitrogens with one attached hydrogen (secondary N) is 1. The average molecular weight is 371 g/mol. The lowest BCUT2D eigenvalue weighted by molar-refractivity contribution is 1.54. The molecule has 0 heterocycles. The zero-order valence-electron chi connectivity index (χ0n) is 16.0. The van der Waals surface area contributed by atoms with Gasteiger partial charge >= 0.3 is 0 Å². The van der Waals surface area contributed by atoms with Crippen LogP contribution in [0.25, 0.3) is 33.0 Å². The van der Waals surface area contributed by atoms with Crippen LogP contribution in [0.5, 0.6) is 0 Å². The first-order valence-corrected chi connectivity index (χ1v) is 9.88. The smallest absolute Gasteiger partial charge is 0.0470 e. The van der Waals surface area contributed by atoms with Gasteiger partial charge in [-0.2, -0.15) is 0 Å². The molecule has 29 heavy (non-hydrogen) atoms. The van der Waals surface area contributed by atoms with Gasteiger partial charge in [-0.1, -0.05) is 109 Å². The second-order valence-corrected chi connectivity index (χ2v) is 7.14. The third kappa shape index (κ3) is 3.51. The summed E-state index contributed by atoms with van der Waals surface area (Å²) in [5, 5.41) is 6.18. The lowest BCUT2D eigenvalue weighted by atomic mass is 9.97. The van der Waals surface area contributed by atoms with E-state index in [1.54, 1.807) is 0 Å². The van der Waals surface area contributed by atoms with Crippen LogP contribution in [0.3, 0.4) is 0 Å². The zero-order chi connectivity index (χ0) is 19.5. The van der Waals surface area contributed by atoms with Crippen LogP contribution in [0, 0.1) is 0 Å². The first-order chi connectivity index (χ1) is 14.4. The van der Waals surface area contributed by atoms with Crippen molar-refractivity contribution >= 4 is 22.1 Å². The van der Waals surface area contributed by atoms with Crippen LogP contribution in [0.1, 0.15) is 0 Å². The van der Waals surface area contributed by atoms with Crippen LogP contribution >= 0.6 is 0 Å². The monoisotopic (exact) mass is 371 g/mol. The fourth-order valence-corrected chi connectivity index (χ4v) is 3.81. The Labute approximate surface area is 171 Å². The minimum absolute atomic E-state index is 1.11. The summed E-state index contributed by atoms with van der Waals surface area (Å²) in [4.78, 5) is 0. The Morgan fingerprint density at radius 2 is 1.07 bits per heavy atom. The molecular weight excluding hydrogens is 350 g/mol. The normalized spacial score (nSPS) is 10.8. The summed E-state index contributed by atoms with van der Waals surface area (Å²) < 4.78 is 0. The van der Waals surface area contributed by atoms with Gasteiger partial charge < -0.3 is 5.32 Å². The molecular formula is C28H21N. The lowest BCUT2D eigenvalue weighted by Crippen LogP contribution is -1.95. The first-order valence-electron chi connectivity index (χ1n) is 9.88. The molecule has 5 aromatic carbocycles. The molecule has 1 heteroatoms. The lowest BCUT2D eigenvalue weighted by Gasteiger charge is -2.16. The fourth-order valence-electron chi connectivity index (χ4n) is 3.81. The quantitative estimate of drug-likeness (QED) is 0.338. The highest BCUT2D eigenvalue weighted by molar-refractivity contribution is 5.97. The van der Waals surface area contributed by atoms with E-state index in [0.29, 0.717) is 0 Å². The Hall–Kier alpha value is -3.84. The SMILES string of the molecule is c1ccc(-c2ccc(-c3ccccc3)c(Nc3cccc4ccccc34)c2)cc1. The number of fused-ring (bicyclic) bond motifs is 1. The maximum atomic E-state index is 3.72. The largest absolute Gasteiger partial charge is 0.354 e. The topological polar surface area (TPSA) is 12.0 Å². The highest BCUT2D eigenvalue weighted by atomic mass is 14.9. The average Bonchev–Trinajstić information content (AvgIpc) is 2.80. The molecule has 5 rings (SSSR count). The second-order valence-electron chi connectivity index (χ2n) is 7.14. The summed E-state index contributed by atoms with van der Waals surface area (Å²) in [6.45, 7) is 0. The molecule has 1 nitrogen and oxygen atoms in total. The molecule has 0 spiro atoms. The van der Waals surface area contributed by atoms with Crippen molar-refractivity contribution in [1.29, 1.82) is 0 Å². The number of benzene rings is 5. The van der Waals surface area contributed by atoms with E-state index in [2.05, 4.69) is 127 Å². The van der Waals surface area contributed by atoms with E-state index in [1.807, 2.05) is 0 Å². The molecule has 0 atom stereocenters. The molecule has 0 amide bonds. The molecule has 138 valence electrons. The highest BCUT2D eigenvalue weighted by Crippen LogP contribution is 2.36. The molecule has 0 fully saturated rings. The number of hydrogen-bond donors (Lipinski definition) is 1. The Morgan fingerprint density at radius 3 is 1.86 bits per heavy atom. The molecule has 0 aliphatic carbocycles. The summed E-state index contributed by atoms with van der Waals surface area (Å²) in [6, 6.07) is 42.6. The first kappa shape index (κ1) is 17.3. The van der Waals surface area contributed by atoms with Crippen LogP contribution in [0.2, 0.25) is 0 Å². The molecule has 1 N–H and O–H groups in total. The maximum Gasteiger partial charge on any atom is 0.0470 e. The Kier molecular flexibility index (Phi) is 4.56. The zero-order valence-corrected chi connectivity index (χ0v) is 16.0. The van der Waals surface area contributed by atoms with Crippen molar-refractivity contribution in [2.75, 3.05) is 5.32 Å². The van der Waals surface area contributed by atoms with E-state index in [9.17, 15) is 0 Å². The molecule has 0 radical (unpaired) electrons. The molecule has 5 aromatic rings. The Balaban J connectivity index is 1.66. The number of rotatable bonds is 4. The molecule has 0 unspecified atom stereocenters. The van der Waals surface area contributed by atoms with Crippen LogP contribution in [0.15, 0.2) is 121 Å². The van der Waals surface area contributed by atoms with E-state index in [-0.39, 0.29) is 0 Å². The van der Waals surface area contributed by atoms with Gasteiger partial charge in [0.2, 0.25) is 0 Å². The molecule has 0 aromatic heterocycles. The van der Waals surface area contributed by atoms with Gasteiger partial charge in [0.25, 0.3) is 0 Å². The minimum Gasteiger partial charge on any atom is -0.354 e. The van der Waals surface area contributed by atoms with E-state index >= 15 is 0 Å². The molecule has 0 saturated carbocycles. The summed E-state index contributed by atoms with van der Waals surface area (Å²) in [6.07, 6.45) is 0. The molecule has 0 aliphatic rings. The number of anilines is 2. The van der Waals surface area contributed by atoms with Gasteiger partial charge in [-0.25, -0.2) is 0 Å². The third-order valence-corrected chi connectivity index (χ3v) is 5.27. The molecule has 0 saturated heterocycles. The van der Waals surface area contributed by atoms with Crippen molar-refractivity contribution in [2.45, 2.75) is 0 Å². The van der Waals surface area contributed by atoms with Crippen molar-refractivity contribution in [3.8, 4) is 22.3 Å². The molecule has 0 aliphatic heterocycles. The summed E-state index contributed by atoms with van der Waals surface area (Å²) in [5.74, 6) is 0. The van der Waals surface area contributed by atoms with Crippen molar-refractivity contribution in [2.24, 2.45) is 0 Å². The molecule has 0 bridgehead atoms. The van der Waals surface area contributed by atoms with Gasteiger partial charge in [0, 0.05) is 22.3 Å².